The summed E-state index contributed by atoms with van der Waals surface area (Å²) in [7, 11) is 0. The van der Waals surface area contributed by atoms with Crippen molar-refractivity contribution in [3.63, 3.8) is 0 Å². The summed E-state index contributed by atoms with van der Waals surface area (Å²) < 4.78 is 1.63. The minimum atomic E-state index is 0.0288. The molecule has 0 N–H and O–H groups in total. The molecule has 2 aliphatic rings. The van der Waals surface area contributed by atoms with Crippen LogP contribution in [0.1, 0.15) is 38.5 Å². The molecule has 0 aromatic carbocycles. The van der Waals surface area contributed by atoms with Gasteiger partial charge in [-0.25, -0.2) is 4.68 Å². The average molecular weight is 293 g/mol. The maximum absolute atomic E-state index is 12.3. The van der Waals surface area contributed by atoms with Crippen molar-refractivity contribution in [2.45, 2.75) is 45.1 Å². The molecule has 1 saturated carbocycles. The molecular weight excluding hydrogens is 270 g/mol. The molecule has 0 amide bonds. The fourth-order valence-corrected chi connectivity index (χ4v) is 3.64. The van der Waals surface area contributed by atoms with Crippen LogP contribution in [0, 0.1) is 5.41 Å². The fraction of sp³-hybridized carbons (Fsp3) is 0.733. The zero-order chi connectivity index (χ0) is 14.0. The van der Waals surface area contributed by atoms with E-state index in [1.807, 2.05) is 6.20 Å². The third-order valence-electron chi connectivity index (χ3n) is 4.81. The Bertz CT molecular complexity index is 513. The van der Waals surface area contributed by atoms with Gasteiger partial charge in [0.25, 0.3) is 5.56 Å². The third kappa shape index (κ3) is 2.73. The second-order valence-electron chi connectivity index (χ2n) is 6.27. The van der Waals surface area contributed by atoms with E-state index >= 15 is 0 Å². The second kappa shape index (κ2) is 5.80. The molecule has 0 spiro atoms. The van der Waals surface area contributed by atoms with Crippen LogP contribution in [0.5, 0.6) is 0 Å². The van der Waals surface area contributed by atoms with E-state index in [0.717, 1.165) is 31.1 Å². The third-order valence-corrected chi connectivity index (χ3v) is 5.48. The number of hydrogen-bond acceptors (Lipinski definition) is 4. The van der Waals surface area contributed by atoms with Gasteiger partial charge in [0.1, 0.15) is 0 Å². The molecule has 2 fully saturated rings. The largest absolute Gasteiger partial charge is 0.370 e. The molecule has 4 nitrogen and oxygen atoms in total. The number of nitrogens with zero attached hydrogens (tertiary/aromatic N) is 3. The van der Waals surface area contributed by atoms with Gasteiger partial charge in [-0.3, -0.25) is 4.79 Å². The summed E-state index contributed by atoms with van der Waals surface area (Å²) in [6.45, 7) is 2.81. The zero-order valence-electron chi connectivity index (χ0n) is 11.9. The highest BCUT2D eigenvalue weighted by molar-refractivity contribution is 7.80. The summed E-state index contributed by atoms with van der Waals surface area (Å²) in [5.74, 6) is 0.842. The van der Waals surface area contributed by atoms with Gasteiger partial charge in [-0.1, -0.05) is 6.42 Å². The SMILES string of the molecule is O=c1cc(N2CCCCC2)cnn1CC1(CS)CCC1. The highest BCUT2D eigenvalue weighted by Crippen LogP contribution is 2.42. The Morgan fingerprint density at radius 3 is 2.50 bits per heavy atom. The van der Waals surface area contributed by atoms with E-state index in [2.05, 4.69) is 22.6 Å². The molecular formula is C15H23N3OS. The molecule has 1 aliphatic heterocycles. The van der Waals surface area contributed by atoms with Crippen LogP contribution in [0.3, 0.4) is 0 Å². The van der Waals surface area contributed by atoms with Crippen molar-refractivity contribution < 1.29 is 0 Å². The molecule has 20 heavy (non-hydrogen) atoms. The summed E-state index contributed by atoms with van der Waals surface area (Å²) in [5, 5.41) is 4.40. The van der Waals surface area contributed by atoms with E-state index in [1.54, 1.807) is 10.7 Å². The number of piperidine rings is 1. The van der Waals surface area contributed by atoms with Crippen LogP contribution in [0.25, 0.3) is 0 Å². The standard InChI is InChI=1S/C15H23N3OS/c19-14-9-13(17-7-2-1-3-8-17)10-16-18(14)11-15(12-20)5-4-6-15/h9-10,20H,1-8,11-12H2. The van der Waals surface area contributed by atoms with Gasteiger partial charge in [0.05, 0.1) is 18.4 Å². The number of anilines is 1. The topological polar surface area (TPSA) is 38.1 Å². The Balaban J connectivity index is 1.75. The summed E-state index contributed by atoms with van der Waals surface area (Å²) in [5.41, 5.74) is 1.22. The van der Waals surface area contributed by atoms with Crippen LogP contribution < -0.4 is 10.5 Å². The van der Waals surface area contributed by atoms with E-state index in [1.165, 1.54) is 38.5 Å². The Kier molecular flexibility index (Phi) is 4.06. The second-order valence-corrected chi connectivity index (χ2v) is 6.59. The highest BCUT2D eigenvalue weighted by Gasteiger charge is 2.36. The van der Waals surface area contributed by atoms with Crippen molar-refractivity contribution in [2.75, 3.05) is 23.7 Å². The van der Waals surface area contributed by atoms with Gasteiger partial charge in [-0.2, -0.15) is 17.7 Å². The van der Waals surface area contributed by atoms with Crippen molar-refractivity contribution in [1.29, 1.82) is 0 Å². The number of hydrogen-bond donors (Lipinski definition) is 1. The van der Waals surface area contributed by atoms with Crippen LogP contribution in [-0.2, 0) is 6.54 Å². The normalized spacial score (nSPS) is 21.6. The van der Waals surface area contributed by atoms with E-state index in [4.69, 9.17) is 0 Å². The minimum absolute atomic E-state index is 0.0288. The molecule has 1 aromatic rings. The summed E-state index contributed by atoms with van der Waals surface area (Å²) in [4.78, 5) is 14.5. The van der Waals surface area contributed by atoms with Gasteiger partial charge in [0.2, 0.25) is 0 Å². The monoisotopic (exact) mass is 293 g/mol. The molecule has 0 radical (unpaired) electrons. The number of rotatable bonds is 4. The van der Waals surface area contributed by atoms with Crippen LogP contribution >= 0.6 is 12.6 Å². The first-order chi connectivity index (χ1) is 9.72. The Morgan fingerprint density at radius 2 is 1.95 bits per heavy atom. The molecule has 0 unspecified atom stereocenters. The van der Waals surface area contributed by atoms with Gasteiger partial charge in [0.15, 0.2) is 0 Å². The first-order valence-corrected chi connectivity index (χ1v) is 8.29. The lowest BCUT2D eigenvalue weighted by Crippen LogP contribution is -2.40. The zero-order valence-corrected chi connectivity index (χ0v) is 12.8. The van der Waals surface area contributed by atoms with Gasteiger partial charge in [-0.05, 0) is 43.3 Å². The molecule has 5 heteroatoms. The number of aromatic nitrogens is 2. The van der Waals surface area contributed by atoms with E-state index in [-0.39, 0.29) is 11.0 Å². The highest BCUT2D eigenvalue weighted by atomic mass is 32.1. The van der Waals surface area contributed by atoms with Crippen molar-refractivity contribution in [3.8, 4) is 0 Å². The quantitative estimate of drug-likeness (QED) is 0.866. The number of thiol groups is 1. The first kappa shape index (κ1) is 14.0. The molecule has 1 aliphatic carbocycles. The lowest BCUT2D eigenvalue weighted by atomic mass is 9.70. The predicted molar refractivity (Wildman–Crippen MR) is 84.7 cm³/mol. The first-order valence-electron chi connectivity index (χ1n) is 7.65. The molecule has 1 saturated heterocycles. The van der Waals surface area contributed by atoms with Crippen LogP contribution in [0.2, 0.25) is 0 Å². The molecule has 0 atom stereocenters. The summed E-state index contributed by atoms with van der Waals surface area (Å²) in [6.07, 6.45) is 9.17. The van der Waals surface area contributed by atoms with Crippen LogP contribution in [0.15, 0.2) is 17.1 Å². The summed E-state index contributed by atoms with van der Waals surface area (Å²) in [6, 6.07) is 1.75. The minimum Gasteiger partial charge on any atom is -0.370 e. The molecule has 2 heterocycles. The molecule has 110 valence electrons. The molecule has 1 aromatic heterocycles. The Morgan fingerprint density at radius 1 is 1.20 bits per heavy atom. The molecule has 0 bridgehead atoms. The van der Waals surface area contributed by atoms with Crippen molar-refractivity contribution >= 4 is 18.3 Å². The fourth-order valence-electron chi connectivity index (χ4n) is 3.23. The average Bonchev–Trinajstić information content (AvgIpc) is 2.45. The van der Waals surface area contributed by atoms with Crippen molar-refractivity contribution in [3.05, 3.63) is 22.6 Å². The Labute approximate surface area is 125 Å². The van der Waals surface area contributed by atoms with Crippen LogP contribution in [0.4, 0.5) is 5.69 Å². The van der Waals surface area contributed by atoms with E-state index < -0.39 is 0 Å². The Hall–Kier alpha value is -0.970. The molecule has 3 rings (SSSR count). The van der Waals surface area contributed by atoms with Gasteiger partial charge in [-0.15, -0.1) is 0 Å². The van der Waals surface area contributed by atoms with Gasteiger partial charge in [0, 0.05) is 19.2 Å². The smallest absolute Gasteiger partial charge is 0.268 e. The maximum atomic E-state index is 12.3. The predicted octanol–water partition coefficient (Wildman–Crippen LogP) is 2.33. The maximum Gasteiger partial charge on any atom is 0.268 e. The van der Waals surface area contributed by atoms with Gasteiger partial charge >= 0.3 is 0 Å². The summed E-state index contributed by atoms with van der Waals surface area (Å²) >= 11 is 4.45. The lowest BCUT2D eigenvalue weighted by Gasteiger charge is -2.40. The van der Waals surface area contributed by atoms with Gasteiger partial charge < -0.3 is 4.90 Å². The van der Waals surface area contributed by atoms with E-state index in [0.29, 0.717) is 0 Å². The van der Waals surface area contributed by atoms with Crippen LogP contribution in [-0.4, -0.2) is 28.6 Å². The van der Waals surface area contributed by atoms with Crippen molar-refractivity contribution in [1.82, 2.24) is 9.78 Å². The van der Waals surface area contributed by atoms with Crippen molar-refractivity contribution in [2.24, 2.45) is 5.41 Å². The lowest BCUT2D eigenvalue weighted by molar-refractivity contribution is 0.130. The van der Waals surface area contributed by atoms with E-state index in [9.17, 15) is 4.79 Å².